The van der Waals surface area contributed by atoms with Gasteiger partial charge in [0.05, 0.1) is 13.9 Å². The summed E-state index contributed by atoms with van der Waals surface area (Å²) in [6.45, 7) is 0. The summed E-state index contributed by atoms with van der Waals surface area (Å²) in [5.74, 6) is 0. The normalized spacial score (nSPS) is 10.9. The van der Waals surface area contributed by atoms with Gasteiger partial charge in [0.1, 0.15) is 0 Å². The van der Waals surface area contributed by atoms with Gasteiger partial charge in [-0.05, 0) is 28.7 Å². The van der Waals surface area contributed by atoms with Crippen LogP contribution in [0.25, 0.3) is 10.1 Å². The molecule has 0 saturated carbocycles. The van der Waals surface area contributed by atoms with Crippen LogP contribution in [0, 0.1) is 3.57 Å². The highest BCUT2D eigenvalue weighted by Crippen LogP contribution is 2.38. The van der Waals surface area contributed by atoms with Crippen LogP contribution in [0.1, 0.15) is 0 Å². The van der Waals surface area contributed by atoms with Crippen molar-refractivity contribution in [1.29, 1.82) is 0 Å². The van der Waals surface area contributed by atoms with Crippen molar-refractivity contribution in [2.75, 3.05) is 0 Å². The number of rotatable bonds is 0. The second kappa shape index (κ2) is 3.36. The standard InChI is InChI=1S/C8H4ClIS2/c9-5-3-1-2-4-6(10)8(11)12-7(4)5/h1-3,11H. The average Bonchev–Trinajstić information content (AvgIpc) is 2.32. The van der Waals surface area contributed by atoms with Gasteiger partial charge in [0.25, 0.3) is 0 Å². The van der Waals surface area contributed by atoms with Crippen LogP contribution in [0.2, 0.25) is 5.02 Å². The average molecular weight is 327 g/mol. The molecule has 2 rings (SSSR count). The Hall–Kier alpha value is 0.550. The number of hydrogen-bond acceptors (Lipinski definition) is 2. The predicted octanol–water partition coefficient (Wildman–Crippen LogP) is 4.45. The van der Waals surface area contributed by atoms with Crippen LogP contribution in [0.5, 0.6) is 0 Å². The van der Waals surface area contributed by atoms with Crippen LogP contribution < -0.4 is 0 Å². The number of thiophene rings is 1. The van der Waals surface area contributed by atoms with Crippen LogP contribution in [-0.2, 0) is 0 Å². The van der Waals surface area contributed by atoms with Crippen molar-refractivity contribution < 1.29 is 0 Å². The molecule has 62 valence electrons. The van der Waals surface area contributed by atoms with Crippen LogP contribution in [0.15, 0.2) is 22.4 Å². The summed E-state index contributed by atoms with van der Waals surface area (Å²) in [5.41, 5.74) is 0. The van der Waals surface area contributed by atoms with Gasteiger partial charge in [-0.3, -0.25) is 0 Å². The Morgan fingerprint density at radius 3 is 2.83 bits per heavy atom. The Morgan fingerprint density at radius 2 is 2.17 bits per heavy atom. The predicted molar refractivity (Wildman–Crippen MR) is 66.8 cm³/mol. The molecule has 4 heteroatoms. The van der Waals surface area contributed by atoms with E-state index in [4.69, 9.17) is 11.6 Å². The molecule has 0 radical (unpaired) electrons. The molecular formula is C8H4ClIS2. The minimum Gasteiger partial charge on any atom is -0.132 e. The first-order valence-electron chi connectivity index (χ1n) is 3.25. The van der Waals surface area contributed by atoms with E-state index in [1.165, 1.54) is 8.96 Å². The van der Waals surface area contributed by atoms with Crippen molar-refractivity contribution in [2.24, 2.45) is 0 Å². The lowest BCUT2D eigenvalue weighted by molar-refractivity contribution is 1.69. The van der Waals surface area contributed by atoms with Crippen molar-refractivity contribution in [3.8, 4) is 0 Å². The van der Waals surface area contributed by atoms with Gasteiger partial charge < -0.3 is 0 Å². The minimum absolute atomic E-state index is 0.815. The molecule has 0 atom stereocenters. The van der Waals surface area contributed by atoms with Crippen molar-refractivity contribution >= 4 is 68.2 Å². The van der Waals surface area contributed by atoms with E-state index >= 15 is 0 Å². The molecule has 0 spiro atoms. The van der Waals surface area contributed by atoms with E-state index in [0.29, 0.717) is 0 Å². The third-order valence-electron chi connectivity index (χ3n) is 1.59. The zero-order valence-corrected chi connectivity index (χ0v) is 10.5. The Labute approximate surface area is 98.5 Å². The number of halogens is 2. The molecule has 1 aromatic heterocycles. The number of thiol groups is 1. The van der Waals surface area contributed by atoms with E-state index in [2.05, 4.69) is 41.3 Å². The first-order valence-corrected chi connectivity index (χ1v) is 5.97. The molecule has 0 saturated heterocycles. The van der Waals surface area contributed by atoms with Gasteiger partial charge in [0.2, 0.25) is 0 Å². The maximum Gasteiger partial charge on any atom is 0.0715 e. The largest absolute Gasteiger partial charge is 0.132 e. The fourth-order valence-corrected chi connectivity index (χ4v) is 3.53. The first-order chi connectivity index (χ1) is 5.70. The summed E-state index contributed by atoms with van der Waals surface area (Å²) in [6, 6.07) is 5.94. The Bertz CT molecular complexity index is 436. The zero-order valence-electron chi connectivity index (χ0n) is 5.84. The molecule has 1 heterocycles. The molecule has 0 N–H and O–H groups in total. The van der Waals surface area contributed by atoms with Crippen molar-refractivity contribution in [3.05, 3.63) is 26.8 Å². The van der Waals surface area contributed by atoms with Gasteiger partial charge in [-0.15, -0.1) is 24.0 Å². The first kappa shape index (κ1) is 9.12. The third kappa shape index (κ3) is 1.36. The molecule has 0 fully saturated rings. The monoisotopic (exact) mass is 326 g/mol. The van der Waals surface area contributed by atoms with E-state index in [0.717, 1.165) is 13.9 Å². The summed E-state index contributed by atoms with van der Waals surface area (Å²) in [6.07, 6.45) is 0. The van der Waals surface area contributed by atoms with Gasteiger partial charge >= 0.3 is 0 Å². The van der Waals surface area contributed by atoms with Crippen LogP contribution in [0.4, 0.5) is 0 Å². The number of hydrogen-bond donors (Lipinski definition) is 1. The summed E-state index contributed by atoms with van der Waals surface area (Å²) < 4.78 is 3.37. The molecule has 0 nitrogen and oxygen atoms in total. The van der Waals surface area contributed by atoms with E-state index in [1.54, 1.807) is 11.3 Å². The molecule has 12 heavy (non-hydrogen) atoms. The van der Waals surface area contributed by atoms with E-state index in [1.807, 2.05) is 12.1 Å². The highest BCUT2D eigenvalue weighted by atomic mass is 127. The van der Waals surface area contributed by atoms with Gasteiger partial charge in [-0.25, -0.2) is 0 Å². The zero-order chi connectivity index (χ0) is 8.72. The van der Waals surface area contributed by atoms with E-state index in [-0.39, 0.29) is 0 Å². The van der Waals surface area contributed by atoms with Crippen LogP contribution >= 0.6 is 58.2 Å². The summed E-state index contributed by atoms with van der Waals surface area (Å²) in [7, 11) is 0. The quantitative estimate of drug-likeness (QED) is 0.537. The lowest BCUT2D eigenvalue weighted by Gasteiger charge is -1.91. The highest BCUT2D eigenvalue weighted by Gasteiger charge is 2.08. The Morgan fingerprint density at radius 1 is 1.42 bits per heavy atom. The maximum atomic E-state index is 6.02. The number of benzene rings is 1. The van der Waals surface area contributed by atoms with Gasteiger partial charge in [0.15, 0.2) is 0 Å². The van der Waals surface area contributed by atoms with Crippen molar-refractivity contribution in [3.63, 3.8) is 0 Å². The third-order valence-corrected chi connectivity index (χ3v) is 5.47. The minimum atomic E-state index is 0.815. The molecule has 0 aliphatic rings. The summed E-state index contributed by atoms with van der Waals surface area (Å²) in [4.78, 5) is 0. The molecule has 0 unspecified atom stereocenters. The molecule has 0 amide bonds. The topological polar surface area (TPSA) is 0 Å². The second-order valence-electron chi connectivity index (χ2n) is 2.34. The SMILES string of the molecule is Sc1sc2c(Cl)cccc2c1I. The summed E-state index contributed by atoms with van der Waals surface area (Å²) in [5, 5.41) is 2.02. The van der Waals surface area contributed by atoms with Gasteiger partial charge in [-0.2, -0.15) is 0 Å². The summed E-state index contributed by atoms with van der Waals surface area (Å²) >= 11 is 14.3. The molecule has 0 bridgehead atoms. The Kier molecular flexibility index (Phi) is 2.56. The molecule has 0 aliphatic carbocycles. The Balaban J connectivity index is 2.95. The fraction of sp³-hybridized carbons (Fsp3) is 0. The molecule has 2 aromatic rings. The fourth-order valence-electron chi connectivity index (χ4n) is 1.04. The molecule has 0 aliphatic heterocycles. The maximum absolute atomic E-state index is 6.02. The lowest BCUT2D eigenvalue weighted by Crippen LogP contribution is -1.67. The van der Waals surface area contributed by atoms with Gasteiger partial charge in [-0.1, -0.05) is 23.7 Å². The van der Waals surface area contributed by atoms with Crippen LogP contribution in [-0.4, -0.2) is 0 Å². The van der Waals surface area contributed by atoms with Crippen molar-refractivity contribution in [1.82, 2.24) is 0 Å². The van der Waals surface area contributed by atoms with Gasteiger partial charge in [0, 0.05) is 8.96 Å². The van der Waals surface area contributed by atoms with E-state index < -0.39 is 0 Å². The van der Waals surface area contributed by atoms with Crippen molar-refractivity contribution in [2.45, 2.75) is 4.21 Å². The smallest absolute Gasteiger partial charge is 0.0715 e. The molecule has 1 aromatic carbocycles. The number of fused-ring (bicyclic) bond motifs is 1. The second-order valence-corrected chi connectivity index (χ2v) is 5.59. The molecular weight excluding hydrogens is 323 g/mol. The lowest BCUT2D eigenvalue weighted by atomic mass is 10.3. The van der Waals surface area contributed by atoms with Crippen LogP contribution in [0.3, 0.4) is 0 Å². The highest BCUT2D eigenvalue weighted by molar-refractivity contribution is 14.1. The van der Waals surface area contributed by atoms with E-state index in [9.17, 15) is 0 Å².